The number of likely N-dealkylation sites (N-methyl/N-ethyl adjacent to an activating group) is 1. The van der Waals surface area contributed by atoms with Gasteiger partial charge in [0, 0.05) is 25.0 Å². The highest BCUT2D eigenvalue weighted by Gasteiger charge is 2.51. The Bertz CT molecular complexity index is 1100. The third kappa shape index (κ3) is 4.36. The molecule has 8 nitrogen and oxygen atoms in total. The minimum Gasteiger partial charge on any atom is -0.395 e. The molecule has 5 rings (SSSR count). The van der Waals surface area contributed by atoms with Crippen molar-refractivity contribution in [1.82, 2.24) is 20.2 Å². The third-order valence-electron chi connectivity index (χ3n) is 8.13. The molecule has 0 radical (unpaired) electrons. The van der Waals surface area contributed by atoms with Crippen molar-refractivity contribution in [3.63, 3.8) is 0 Å². The first kappa shape index (κ1) is 23.9. The first-order valence-corrected chi connectivity index (χ1v) is 12.5. The molecule has 2 amide bonds. The number of aliphatic hydroxyl groups is 1. The van der Waals surface area contributed by atoms with Crippen LogP contribution in [0.1, 0.15) is 55.8 Å². The molecule has 3 aliphatic rings. The highest BCUT2D eigenvalue weighted by Crippen LogP contribution is 2.47. The van der Waals surface area contributed by atoms with E-state index in [1.165, 1.54) is 6.07 Å². The SMILES string of the molecule is CN(CCO)c1nc(C2CC2)ncc1N1C[C@]2(CC[C@@](c3cccc(F)c3)(N(C)C)CC2)NC1=O. The second-order valence-electron chi connectivity index (χ2n) is 10.6. The predicted octanol–water partition coefficient (Wildman–Crippen LogP) is 3.22. The van der Waals surface area contributed by atoms with Gasteiger partial charge in [0.2, 0.25) is 0 Å². The summed E-state index contributed by atoms with van der Waals surface area (Å²) in [5.74, 6) is 1.66. The van der Waals surface area contributed by atoms with Crippen LogP contribution in [-0.2, 0) is 5.54 Å². The number of nitrogens with one attached hydrogen (secondary N) is 1. The van der Waals surface area contributed by atoms with Crippen LogP contribution in [0.15, 0.2) is 30.5 Å². The van der Waals surface area contributed by atoms with Crippen LogP contribution in [0.4, 0.5) is 20.7 Å². The van der Waals surface area contributed by atoms with Crippen molar-refractivity contribution in [3.8, 4) is 0 Å². The van der Waals surface area contributed by atoms with Crippen LogP contribution in [-0.4, -0.2) is 72.4 Å². The third-order valence-corrected chi connectivity index (χ3v) is 8.13. The van der Waals surface area contributed by atoms with Crippen LogP contribution in [0.25, 0.3) is 0 Å². The minimum atomic E-state index is -0.355. The van der Waals surface area contributed by atoms with Crippen molar-refractivity contribution in [2.45, 2.75) is 55.5 Å². The van der Waals surface area contributed by atoms with Crippen molar-refractivity contribution in [2.24, 2.45) is 0 Å². The number of halogens is 1. The second kappa shape index (κ2) is 9.02. The highest BCUT2D eigenvalue weighted by atomic mass is 19.1. The van der Waals surface area contributed by atoms with Crippen LogP contribution >= 0.6 is 0 Å². The topological polar surface area (TPSA) is 84.8 Å². The van der Waals surface area contributed by atoms with Crippen molar-refractivity contribution in [1.29, 1.82) is 0 Å². The van der Waals surface area contributed by atoms with E-state index in [1.807, 2.05) is 32.1 Å². The normalized spacial score (nSPS) is 26.5. The summed E-state index contributed by atoms with van der Waals surface area (Å²) >= 11 is 0. The molecule has 2 N–H and O–H groups in total. The van der Waals surface area contributed by atoms with Gasteiger partial charge in [-0.25, -0.2) is 19.2 Å². The zero-order valence-corrected chi connectivity index (χ0v) is 20.8. The lowest BCUT2D eigenvalue weighted by Gasteiger charge is -2.48. The summed E-state index contributed by atoms with van der Waals surface area (Å²) in [5, 5.41) is 12.8. The minimum absolute atomic E-state index is 0.00152. The number of carbonyl (C=O) groups is 1. The van der Waals surface area contributed by atoms with Crippen LogP contribution < -0.4 is 15.1 Å². The molecule has 1 aromatic heterocycles. The van der Waals surface area contributed by atoms with E-state index in [1.54, 1.807) is 23.2 Å². The molecular formula is C26H35FN6O2. The lowest BCUT2D eigenvalue weighted by Crippen LogP contribution is -2.54. The van der Waals surface area contributed by atoms with Gasteiger partial charge in [-0.05, 0) is 70.3 Å². The fourth-order valence-corrected chi connectivity index (χ4v) is 5.75. The molecule has 0 atom stereocenters. The summed E-state index contributed by atoms with van der Waals surface area (Å²) in [6, 6.07) is 6.75. The summed E-state index contributed by atoms with van der Waals surface area (Å²) in [7, 11) is 5.97. The molecule has 1 aromatic carbocycles. The van der Waals surface area contributed by atoms with Gasteiger partial charge in [0.15, 0.2) is 5.82 Å². The zero-order chi connectivity index (χ0) is 24.8. The molecule has 0 bridgehead atoms. The Morgan fingerprint density at radius 3 is 2.57 bits per heavy atom. The van der Waals surface area contributed by atoms with E-state index in [0.29, 0.717) is 30.5 Å². The number of rotatable bonds is 7. The van der Waals surface area contributed by atoms with Gasteiger partial charge in [-0.3, -0.25) is 9.80 Å². The van der Waals surface area contributed by atoms with Crippen LogP contribution in [0.5, 0.6) is 0 Å². The summed E-state index contributed by atoms with van der Waals surface area (Å²) < 4.78 is 14.1. The van der Waals surface area contributed by atoms with Gasteiger partial charge < -0.3 is 15.3 Å². The molecule has 2 aromatic rings. The Morgan fingerprint density at radius 2 is 1.94 bits per heavy atom. The number of aromatic nitrogens is 2. The number of hydrogen-bond acceptors (Lipinski definition) is 6. The molecule has 2 heterocycles. The predicted molar refractivity (Wildman–Crippen MR) is 133 cm³/mol. The number of urea groups is 1. The van der Waals surface area contributed by atoms with Gasteiger partial charge >= 0.3 is 6.03 Å². The van der Waals surface area contributed by atoms with Crippen molar-refractivity contribution < 1.29 is 14.3 Å². The summed E-state index contributed by atoms with van der Waals surface area (Å²) in [4.78, 5) is 28.5. The number of amides is 2. The number of anilines is 2. The van der Waals surface area contributed by atoms with E-state index >= 15 is 0 Å². The van der Waals surface area contributed by atoms with Gasteiger partial charge in [0.05, 0.1) is 24.9 Å². The van der Waals surface area contributed by atoms with E-state index in [-0.39, 0.29) is 29.5 Å². The molecular weight excluding hydrogens is 447 g/mol. The maximum atomic E-state index is 14.1. The van der Waals surface area contributed by atoms with Crippen molar-refractivity contribution >= 4 is 17.5 Å². The van der Waals surface area contributed by atoms with Crippen LogP contribution in [0.3, 0.4) is 0 Å². The molecule has 2 aliphatic carbocycles. The van der Waals surface area contributed by atoms with Crippen LogP contribution in [0.2, 0.25) is 0 Å². The maximum absolute atomic E-state index is 14.1. The Kier molecular flexibility index (Phi) is 6.17. The van der Waals surface area contributed by atoms with Gasteiger partial charge in [0.1, 0.15) is 17.3 Å². The lowest BCUT2D eigenvalue weighted by molar-refractivity contribution is 0.0655. The maximum Gasteiger partial charge on any atom is 0.322 e. The van der Waals surface area contributed by atoms with Crippen molar-refractivity contribution in [3.05, 3.63) is 47.7 Å². The number of hydrogen-bond donors (Lipinski definition) is 2. The van der Waals surface area contributed by atoms with Crippen molar-refractivity contribution in [2.75, 3.05) is 50.6 Å². The van der Waals surface area contributed by atoms with E-state index in [4.69, 9.17) is 4.98 Å². The Labute approximate surface area is 206 Å². The standard InChI is InChI=1S/C26H35FN6O2/c1-31(2)26(19-5-4-6-20(27)15-19)11-9-25(10-12-26)17-33(24(35)30-25)21-16-28-22(18-7-8-18)29-23(21)32(3)13-14-34/h4-6,15-16,18,34H,7-14,17H2,1-3H3,(H,30,35)/t25-,26-. The van der Waals surface area contributed by atoms with E-state index in [9.17, 15) is 14.3 Å². The lowest BCUT2D eigenvalue weighted by atomic mass is 9.69. The molecule has 188 valence electrons. The quantitative estimate of drug-likeness (QED) is 0.631. The summed E-state index contributed by atoms with van der Waals surface area (Å²) in [5.41, 5.74) is 1.03. The average Bonchev–Trinajstić information content (AvgIpc) is 3.64. The molecule has 0 unspecified atom stereocenters. The summed E-state index contributed by atoms with van der Waals surface area (Å²) in [6.45, 7) is 0.958. The smallest absolute Gasteiger partial charge is 0.322 e. The monoisotopic (exact) mass is 482 g/mol. The molecule has 1 aliphatic heterocycles. The molecule has 1 spiro atoms. The number of benzene rings is 1. The van der Waals surface area contributed by atoms with Gasteiger partial charge in [-0.15, -0.1) is 0 Å². The van der Waals surface area contributed by atoms with Gasteiger partial charge in [0.25, 0.3) is 0 Å². The molecule has 2 saturated carbocycles. The van der Waals surface area contributed by atoms with E-state index < -0.39 is 0 Å². The molecule has 9 heteroatoms. The largest absolute Gasteiger partial charge is 0.395 e. The van der Waals surface area contributed by atoms with Gasteiger partial charge in [-0.1, -0.05) is 12.1 Å². The first-order chi connectivity index (χ1) is 16.8. The Balaban J connectivity index is 1.40. The number of carbonyl (C=O) groups excluding carboxylic acids is 1. The molecule has 3 fully saturated rings. The number of aliphatic hydroxyl groups excluding tert-OH is 1. The highest BCUT2D eigenvalue weighted by molar-refractivity contribution is 5.97. The van der Waals surface area contributed by atoms with Crippen LogP contribution in [0, 0.1) is 5.82 Å². The fourth-order valence-electron chi connectivity index (χ4n) is 5.75. The Morgan fingerprint density at radius 1 is 1.20 bits per heavy atom. The fraction of sp³-hybridized carbons (Fsp3) is 0.577. The van der Waals surface area contributed by atoms with Gasteiger partial charge in [-0.2, -0.15) is 0 Å². The van der Waals surface area contributed by atoms with E-state index in [2.05, 4.69) is 15.2 Å². The Hall–Kier alpha value is -2.78. The second-order valence-corrected chi connectivity index (χ2v) is 10.6. The number of nitrogens with zero attached hydrogens (tertiary/aromatic N) is 5. The van der Waals surface area contributed by atoms with E-state index in [0.717, 1.165) is 49.9 Å². The zero-order valence-electron chi connectivity index (χ0n) is 20.8. The first-order valence-electron chi connectivity index (χ1n) is 12.5. The molecule has 35 heavy (non-hydrogen) atoms. The average molecular weight is 483 g/mol. The summed E-state index contributed by atoms with van der Waals surface area (Å²) in [6.07, 6.45) is 7.14. The molecule has 1 saturated heterocycles.